The molecule has 6 nitrogen and oxygen atoms in total. The molecule has 0 unspecified atom stereocenters. The molecule has 0 saturated heterocycles. The zero-order valence-electron chi connectivity index (χ0n) is 9.76. The van der Waals surface area contributed by atoms with Crippen LogP contribution in [0, 0.1) is 0 Å². The van der Waals surface area contributed by atoms with Crippen molar-refractivity contribution in [1.82, 2.24) is 10.2 Å². The van der Waals surface area contributed by atoms with E-state index in [4.69, 9.17) is 0 Å². The number of ether oxygens (including phenoxy) is 1. The first-order chi connectivity index (χ1) is 7.37. The van der Waals surface area contributed by atoms with Gasteiger partial charge in [-0.3, -0.25) is 0 Å². The molecule has 0 fully saturated rings. The Kier molecular flexibility index (Phi) is 6.75. The van der Waals surface area contributed by atoms with Crippen molar-refractivity contribution < 1.29 is 17.9 Å². The highest BCUT2D eigenvalue weighted by molar-refractivity contribution is 7.94. The third kappa shape index (κ3) is 8.25. The number of sulfone groups is 1. The fourth-order valence-electron chi connectivity index (χ4n) is 0.791. The summed E-state index contributed by atoms with van der Waals surface area (Å²) in [4.78, 5) is 12.5. The fraction of sp³-hybridized carbons (Fsp3) is 0.667. The largest absolute Gasteiger partial charge is 0.448 e. The number of nitrogens with one attached hydrogen (secondary N) is 1. The third-order valence-electron chi connectivity index (χ3n) is 1.58. The van der Waals surface area contributed by atoms with Gasteiger partial charge in [0.05, 0.1) is 5.75 Å². The Bertz CT molecular complexity index is 335. The predicted octanol–water partition coefficient (Wildman–Crippen LogP) is -0.167. The Labute approximate surface area is 96.2 Å². The van der Waals surface area contributed by atoms with E-state index in [0.29, 0.717) is 6.54 Å². The number of carbonyl (C=O) groups excluding carboxylic acids is 1. The van der Waals surface area contributed by atoms with Crippen LogP contribution in [-0.4, -0.2) is 59.5 Å². The molecule has 0 aliphatic carbocycles. The average molecular weight is 250 g/mol. The molecule has 0 bridgehead atoms. The molecule has 0 aromatic carbocycles. The molecule has 0 aliphatic rings. The molecule has 0 aliphatic heterocycles. The Balaban J connectivity index is 3.97. The minimum absolute atomic E-state index is 0.145. The lowest BCUT2D eigenvalue weighted by molar-refractivity contribution is 0.155. The summed E-state index contributed by atoms with van der Waals surface area (Å²) in [6.07, 6.45) is 0.919. The van der Waals surface area contributed by atoms with Crippen LogP contribution in [0.3, 0.4) is 0 Å². The highest BCUT2D eigenvalue weighted by Crippen LogP contribution is 1.94. The predicted molar refractivity (Wildman–Crippen MR) is 61.9 cm³/mol. The quantitative estimate of drug-likeness (QED) is 0.708. The molecule has 0 saturated carbocycles. The van der Waals surface area contributed by atoms with Gasteiger partial charge in [-0.25, -0.2) is 13.2 Å². The first kappa shape index (κ1) is 14.9. The van der Waals surface area contributed by atoms with Gasteiger partial charge in [0.15, 0.2) is 9.84 Å². The lowest BCUT2D eigenvalue weighted by Gasteiger charge is -2.04. The Morgan fingerprint density at radius 2 is 2.06 bits per heavy atom. The first-order valence-corrected chi connectivity index (χ1v) is 6.47. The molecule has 0 aromatic heterocycles. The van der Waals surface area contributed by atoms with Crippen molar-refractivity contribution in [2.45, 2.75) is 0 Å². The smallest absolute Gasteiger partial charge is 0.406 e. The lowest BCUT2D eigenvalue weighted by Crippen LogP contribution is -2.22. The number of alkyl carbamates (subject to hydrolysis) is 1. The Hall–Kier alpha value is -1.08. The van der Waals surface area contributed by atoms with E-state index in [0.717, 1.165) is 5.41 Å². The molecular formula is C9H18N2O4S. The van der Waals surface area contributed by atoms with Gasteiger partial charge in [-0.15, -0.1) is 0 Å². The minimum Gasteiger partial charge on any atom is -0.448 e. The van der Waals surface area contributed by atoms with E-state index in [1.165, 1.54) is 7.05 Å². The van der Waals surface area contributed by atoms with Gasteiger partial charge in [-0.05, 0) is 14.1 Å². The van der Waals surface area contributed by atoms with Crippen LogP contribution in [-0.2, 0) is 14.6 Å². The monoisotopic (exact) mass is 250 g/mol. The number of likely N-dealkylation sites (N-methyl/N-ethyl adjacent to an activating group) is 1. The number of hydrogen-bond acceptors (Lipinski definition) is 5. The van der Waals surface area contributed by atoms with Crippen LogP contribution in [0.25, 0.3) is 0 Å². The van der Waals surface area contributed by atoms with Crippen LogP contribution in [0.15, 0.2) is 11.5 Å². The molecule has 1 N–H and O–H groups in total. The van der Waals surface area contributed by atoms with E-state index in [9.17, 15) is 13.2 Å². The van der Waals surface area contributed by atoms with E-state index >= 15 is 0 Å². The van der Waals surface area contributed by atoms with Crippen molar-refractivity contribution in [3.63, 3.8) is 0 Å². The number of amides is 1. The summed E-state index contributed by atoms with van der Waals surface area (Å²) in [5, 5.41) is 3.37. The number of hydrogen-bond donors (Lipinski definition) is 1. The van der Waals surface area contributed by atoms with Crippen LogP contribution >= 0.6 is 0 Å². The molecule has 0 aromatic rings. The first-order valence-electron chi connectivity index (χ1n) is 4.76. The molecule has 0 rings (SSSR count). The Morgan fingerprint density at radius 1 is 1.44 bits per heavy atom. The zero-order chi connectivity index (χ0) is 12.6. The van der Waals surface area contributed by atoms with Crippen LogP contribution in [0.2, 0.25) is 0 Å². The van der Waals surface area contributed by atoms with Crippen molar-refractivity contribution in [1.29, 1.82) is 0 Å². The maximum atomic E-state index is 11.4. The fourth-order valence-corrected chi connectivity index (χ4v) is 1.62. The number of carbonyl (C=O) groups is 1. The van der Waals surface area contributed by atoms with Crippen LogP contribution in [0.1, 0.15) is 0 Å². The van der Waals surface area contributed by atoms with Gasteiger partial charge in [-0.2, -0.15) is 0 Å². The highest BCUT2D eigenvalue weighted by atomic mass is 32.2. The topological polar surface area (TPSA) is 75.7 Å². The SMILES string of the molecule is CNC(=O)OCCS(=O)(=O)/C=C/CN(C)C. The van der Waals surface area contributed by atoms with Crippen molar-refractivity contribution >= 4 is 15.9 Å². The Morgan fingerprint density at radius 3 is 2.56 bits per heavy atom. The lowest BCUT2D eigenvalue weighted by atomic mass is 10.6. The van der Waals surface area contributed by atoms with Crippen molar-refractivity contribution in [3.05, 3.63) is 11.5 Å². The number of rotatable bonds is 6. The second kappa shape index (κ2) is 7.24. The van der Waals surface area contributed by atoms with Gasteiger partial charge in [0, 0.05) is 19.0 Å². The second-order valence-electron chi connectivity index (χ2n) is 3.39. The molecule has 94 valence electrons. The molecule has 0 spiro atoms. The van der Waals surface area contributed by atoms with Crippen molar-refractivity contribution in [3.8, 4) is 0 Å². The molecule has 0 heterocycles. The van der Waals surface area contributed by atoms with E-state index in [1.54, 1.807) is 6.08 Å². The molecular weight excluding hydrogens is 232 g/mol. The molecule has 16 heavy (non-hydrogen) atoms. The number of nitrogens with zero attached hydrogens (tertiary/aromatic N) is 1. The summed E-state index contributed by atoms with van der Waals surface area (Å²) in [7, 11) is 1.80. The normalized spacial score (nSPS) is 12.0. The molecule has 0 radical (unpaired) electrons. The molecule has 1 amide bonds. The van der Waals surface area contributed by atoms with E-state index in [2.05, 4.69) is 10.1 Å². The summed E-state index contributed by atoms with van der Waals surface area (Å²) >= 11 is 0. The van der Waals surface area contributed by atoms with Crippen LogP contribution < -0.4 is 5.32 Å². The molecule has 0 atom stereocenters. The van der Waals surface area contributed by atoms with E-state index in [1.807, 2.05) is 19.0 Å². The maximum Gasteiger partial charge on any atom is 0.406 e. The van der Waals surface area contributed by atoms with Gasteiger partial charge in [-0.1, -0.05) is 6.08 Å². The van der Waals surface area contributed by atoms with Crippen molar-refractivity contribution in [2.75, 3.05) is 40.0 Å². The molecule has 7 heteroatoms. The summed E-state index contributed by atoms with van der Waals surface area (Å²) in [5.74, 6) is -0.204. The standard InChI is InChI=1S/C9H18N2O4S/c1-10-9(12)15-6-8-16(13,14)7-4-5-11(2)3/h4,7H,5-6,8H2,1-3H3,(H,10,12)/b7-4+. The van der Waals surface area contributed by atoms with Crippen molar-refractivity contribution in [2.24, 2.45) is 0 Å². The van der Waals surface area contributed by atoms with Gasteiger partial charge in [0.25, 0.3) is 0 Å². The summed E-state index contributed by atoms with van der Waals surface area (Å²) < 4.78 is 27.3. The summed E-state index contributed by atoms with van der Waals surface area (Å²) in [6.45, 7) is 0.407. The second-order valence-corrected chi connectivity index (χ2v) is 5.39. The minimum atomic E-state index is -3.29. The van der Waals surface area contributed by atoms with Crippen LogP contribution in [0.4, 0.5) is 4.79 Å². The summed E-state index contributed by atoms with van der Waals surface area (Å²) in [5.41, 5.74) is 0. The summed E-state index contributed by atoms with van der Waals surface area (Å²) in [6, 6.07) is 0. The third-order valence-corrected chi connectivity index (χ3v) is 2.92. The van der Waals surface area contributed by atoms with Gasteiger partial charge >= 0.3 is 6.09 Å². The zero-order valence-corrected chi connectivity index (χ0v) is 10.6. The average Bonchev–Trinajstić information content (AvgIpc) is 2.16. The maximum absolute atomic E-state index is 11.4. The van der Waals surface area contributed by atoms with E-state index < -0.39 is 15.9 Å². The van der Waals surface area contributed by atoms with Gasteiger partial charge in [0.2, 0.25) is 0 Å². The van der Waals surface area contributed by atoms with Gasteiger partial charge in [0.1, 0.15) is 6.61 Å². The van der Waals surface area contributed by atoms with Gasteiger partial charge < -0.3 is 15.0 Å². The highest BCUT2D eigenvalue weighted by Gasteiger charge is 2.07. The van der Waals surface area contributed by atoms with Crippen LogP contribution in [0.5, 0.6) is 0 Å². The van der Waals surface area contributed by atoms with E-state index in [-0.39, 0.29) is 12.4 Å².